The van der Waals surface area contributed by atoms with Crippen molar-refractivity contribution < 1.29 is 43.5 Å². The van der Waals surface area contributed by atoms with Gasteiger partial charge in [0, 0.05) is 16.8 Å². The van der Waals surface area contributed by atoms with Crippen molar-refractivity contribution in [3.8, 4) is 5.75 Å². The minimum atomic E-state index is -1.50. The Morgan fingerprint density at radius 1 is 1.09 bits per heavy atom. The normalized spacial score (nSPS) is 26.7. The molecule has 4 N–H and O–H groups in total. The molecule has 5 unspecified atom stereocenters. The summed E-state index contributed by atoms with van der Waals surface area (Å²) >= 11 is 0. The summed E-state index contributed by atoms with van der Waals surface area (Å²) in [5.74, 6) is 0.305. The molecular weight excluding hydrogens is 424 g/mol. The van der Waals surface area contributed by atoms with Crippen LogP contribution in [0.4, 0.5) is 0 Å². The second kappa shape index (κ2) is 9.41. The highest BCUT2D eigenvalue weighted by Gasteiger charge is 2.43. The van der Waals surface area contributed by atoms with Crippen molar-refractivity contribution in [2.75, 3.05) is 19.8 Å². The molecule has 0 bridgehead atoms. The number of aliphatic hydroxyl groups is 4. The van der Waals surface area contributed by atoms with Crippen LogP contribution in [0.25, 0.3) is 21.9 Å². The van der Waals surface area contributed by atoms with Crippen molar-refractivity contribution >= 4 is 21.9 Å². The summed E-state index contributed by atoms with van der Waals surface area (Å²) < 4.78 is 27.5. The number of hydrogen-bond acceptors (Lipinski definition) is 10. The molecule has 3 aromatic rings. The van der Waals surface area contributed by atoms with Crippen molar-refractivity contribution in [1.29, 1.82) is 0 Å². The highest BCUT2D eigenvalue weighted by Crippen LogP contribution is 2.35. The summed E-state index contributed by atoms with van der Waals surface area (Å²) in [6, 6.07) is 6.59. The van der Waals surface area contributed by atoms with Crippen molar-refractivity contribution in [3.05, 3.63) is 52.6 Å². The van der Waals surface area contributed by atoms with E-state index in [0.717, 1.165) is 11.0 Å². The van der Waals surface area contributed by atoms with Gasteiger partial charge in [-0.1, -0.05) is 0 Å². The van der Waals surface area contributed by atoms with E-state index in [2.05, 4.69) is 0 Å². The Hall–Kier alpha value is -2.73. The molecule has 3 heterocycles. The van der Waals surface area contributed by atoms with E-state index in [0.29, 0.717) is 16.7 Å². The summed E-state index contributed by atoms with van der Waals surface area (Å²) in [4.78, 5) is 11.7. The average molecular weight is 448 g/mol. The van der Waals surface area contributed by atoms with Gasteiger partial charge in [0.05, 0.1) is 19.5 Å². The quantitative estimate of drug-likeness (QED) is 0.300. The van der Waals surface area contributed by atoms with E-state index in [9.17, 15) is 25.2 Å². The van der Waals surface area contributed by atoms with Crippen LogP contribution in [0.3, 0.4) is 0 Å². The third-order valence-electron chi connectivity index (χ3n) is 5.27. The molecule has 1 aliphatic rings. The van der Waals surface area contributed by atoms with Gasteiger partial charge in [-0.25, -0.2) is 4.79 Å². The lowest BCUT2D eigenvalue weighted by molar-refractivity contribution is -0.299. The van der Waals surface area contributed by atoms with Gasteiger partial charge in [-0.05, 0) is 36.8 Å². The Morgan fingerprint density at radius 3 is 2.66 bits per heavy atom. The predicted molar refractivity (Wildman–Crippen MR) is 111 cm³/mol. The lowest BCUT2D eigenvalue weighted by Gasteiger charge is -2.39. The van der Waals surface area contributed by atoms with Crippen LogP contribution in [0.15, 0.2) is 55.8 Å². The Kier molecular flexibility index (Phi) is 6.60. The maximum absolute atomic E-state index is 11.7. The minimum absolute atomic E-state index is 0.0346. The topological polar surface area (TPSA) is 152 Å². The van der Waals surface area contributed by atoms with Crippen LogP contribution < -0.4 is 10.4 Å². The SMILES string of the molecule is CC(=CCOc1c2occc2cc2ccc(=O)oc12)COC1OC(CO)C(O)C(O)C1O. The monoisotopic (exact) mass is 448 g/mol. The van der Waals surface area contributed by atoms with E-state index in [1.165, 1.54) is 12.3 Å². The van der Waals surface area contributed by atoms with E-state index in [1.54, 1.807) is 25.1 Å². The first kappa shape index (κ1) is 22.5. The second-order valence-corrected chi connectivity index (χ2v) is 7.59. The maximum atomic E-state index is 11.7. The predicted octanol–water partition coefficient (Wildman–Crippen LogP) is 0.681. The van der Waals surface area contributed by atoms with Crippen LogP contribution in [-0.2, 0) is 9.47 Å². The number of fused-ring (bicyclic) bond motifs is 2. The van der Waals surface area contributed by atoms with Gasteiger partial charge in [0.25, 0.3) is 0 Å². The summed E-state index contributed by atoms with van der Waals surface area (Å²) in [5, 5.41) is 40.4. The summed E-state index contributed by atoms with van der Waals surface area (Å²) in [7, 11) is 0. The van der Waals surface area contributed by atoms with Crippen molar-refractivity contribution in [2.24, 2.45) is 0 Å². The lowest BCUT2D eigenvalue weighted by atomic mass is 9.99. The zero-order valence-corrected chi connectivity index (χ0v) is 17.2. The third-order valence-corrected chi connectivity index (χ3v) is 5.27. The molecular formula is C22H24O10. The van der Waals surface area contributed by atoms with Gasteiger partial charge < -0.3 is 43.5 Å². The number of aliphatic hydroxyl groups excluding tert-OH is 4. The molecule has 1 fully saturated rings. The van der Waals surface area contributed by atoms with Gasteiger partial charge >= 0.3 is 5.63 Å². The number of furan rings is 1. The molecule has 32 heavy (non-hydrogen) atoms. The van der Waals surface area contributed by atoms with Crippen LogP contribution in [0, 0.1) is 0 Å². The molecule has 0 radical (unpaired) electrons. The Bertz CT molecular complexity index is 1160. The first-order chi connectivity index (χ1) is 15.4. The molecule has 0 spiro atoms. The molecule has 1 aromatic carbocycles. The highest BCUT2D eigenvalue weighted by molar-refractivity contribution is 5.99. The molecule has 4 rings (SSSR count). The first-order valence-electron chi connectivity index (χ1n) is 10.0. The Labute approximate surface area is 181 Å². The van der Waals surface area contributed by atoms with Gasteiger partial charge in [-0.15, -0.1) is 0 Å². The molecule has 1 aliphatic heterocycles. The van der Waals surface area contributed by atoms with Crippen LogP contribution in [-0.4, -0.2) is 71.0 Å². The van der Waals surface area contributed by atoms with E-state index >= 15 is 0 Å². The molecule has 5 atom stereocenters. The van der Waals surface area contributed by atoms with Gasteiger partial charge in [-0.2, -0.15) is 0 Å². The number of ether oxygens (including phenoxy) is 3. The second-order valence-electron chi connectivity index (χ2n) is 7.59. The van der Waals surface area contributed by atoms with E-state index in [4.69, 9.17) is 23.0 Å². The zero-order chi connectivity index (χ0) is 22.8. The molecule has 0 aliphatic carbocycles. The van der Waals surface area contributed by atoms with Gasteiger partial charge in [-0.3, -0.25) is 0 Å². The van der Waals surface area contributed by atoms with Crippen LogP contribution in [0.2, 0.25) is 0 Å². The number of hydrogen-bond donors (Lipinski definition) is 4. The standard InChI is InChI=1S/C22H24O10/c1-11(10-30-22-18(27)17(26)16(25)14(9-23)31-22)4-6-29-21-19-13(5-7-28-19)8-12-2-3-15(24)32-20(12)21/h2-5,7-8,14,16-18,22-23,25-27H,6,9-10H2,1H3. The fourth-order valence-electron chi connectivity index (χ4n) is 3.48. The third kappa shape index (κ3) is 4.42. The maximum Gasteiger partial charge on any atom is 0.336 e. The smallest absolute Gasteiger partial charge is 0.336 e. The molecule has 10 heteroatoms. The average Bonchev–Trinajstić information content (AvgIpc) is 3.25. The Balaban J connectivity index is 1.43. The highest BCUT2D eigenvalue weighted by atomic mass is 16.7. The zero-order valence-electron chi connectivity index (χ0n) is 17.2. The summed E-state index contributed by atoms with van der Waals surface area (Å²) in [5.41, 5.74) is 0.950. The van der Waals surface area contributed by atoms with Crippen LogP contribution in [0.1, 0.15) is 6.92 Å². The van der Waals surface area contributed by atoms with E-state index in [1.807, 2.05) is 6.07 Å². The molecule has 0 amide bonds. The minimum Gasteiger partial charge on any atom is -0.482 e. The van der Waals surface area contributed by atoms with Gasteiger partial charge in [0.2, 0.25) is 5.75 Å². The van der Waals surface area contributed by atoms with Crippen molar-refractivity contribution in [2.45, 2.75) is 37.6 Å². The van der Waals surface area contributed by atoms with Gasteiger partial charge in [0.1, 0.15) is 31.0 Å². The summed E-state index contributed by atoms with van der Waals surface area (Å²) in [6.45, 7) is 1.37. The lowest BCUT2D eigenvalue weighted by Crippen LogP contribution is -2.59. The van der Waals surface area contributed by atoms with Gasteiger partial charge in [0.15, 0.2) is 17.5 Å². The first-order valence-corrected chi connectivity index (χ1v) is 10.0. The number of rotatable bonds is 7. The van der Waals surface area contributed by atoms with Crippen molar-refractivity contribution in [1.82, 2.24) is 0 Å². The van der Waals surface area contributed by atoms with E-state index in [-0.39, 0.29) is 18.8 Å². The Morgan fingerprint density at radius 2 is 1.88 bits per heavy atom. The van der Waals surface area contributed by atoms with E-state index < -0.39 is 42.9 Å². The molecule has 10 nitrogen and oxygen atoms in total. The molecule has 172 valence electrons. The fraction of sp³-hybridized carbons (Fsp3) is 0.409. The van der Waals surface area contributed by atoms with Crippen LogP contribution >= 0.6 is 0 Å². The summed E-state index contributed by atoms with van der Waals surface area (Å²) in [6.07, 6.45) is -3.44. The van der Waals surface area contributed by atoms with Crippen molar-refractivity contribution in [3.63, 3.8) is 0 Å². The molecule has 1 saturated heterocycles. The number of benzene rings is 1. The molecule has 0 saturated carbocycles. The fourth-order valence-corrected chi connectivity index (χ4v) is 3.48. The largest absolute Gasteiger partial charge is 0.482 e. The van der Waals surface area contributed by atoms with Crippen LogP contribution in [0.5, 0.6) is 5.75 Å². The molecule has 2 aromatic heterocycles.